The maximum atomic E-state index is 12.0. The number of carbonyl (C=O) groups excluding carboxylic acids is 1. The third-order valence-corrected chi connectivity index (χ3v) is 5.44. The van der Waals surface area contributed by atoms with Gasteiger partial charge >= 0.3 is 0 Å². The predicted molar refractivity (Wildman–Crippen MR) is 90.0 cm³/mol. The van der Waals surface area contributed by atoms with Crippen molar-refractivity contribution in [2.24, 2.45) is 12.5 Å². The lowest BCUT2D eigenvalue weighted by molar-refractivity contribution is -0.140. The third kappa shape index (κ3) is 3.47. The van der Waals surface area contributed by atoms with Crippen molar-refractivity contribution in [3.05, 3.63) is 23.5 Å². The van der Waals surface area contributed by atoms with Crippen molar-refractivity contribution in [1.82, 2.24) is 14.4 Å². The molecule has 130 valence electrons. The number of hydrogen-bond donors (Lipinski definition) is 1. The van der Waals surface area contributed by atoms with Crippen molar-refractivity contribution in [3.63, 3.8) is 0 Å². The SMILES string of the molecule is Cn1cc(CN2CCCC3(CCC(=O)N(CCO)C3)C2)cc1C#N. The molecule has 3 rings (SSSR count). The number of piperidine rings is 2. The number of carbonyl (C=O) groups is 1. The highest BCUT2D eigenvalue weighted by molar-refractivity contribution is 5.77. The number of amides is 1. The van der Waals surface area contributed by atoms with Gasteiger partial charge < -0.3 is 14.6 Å². The lowest BCUT2D eigenvalue weighted by atomic mass is 9.73. The van der Waals surface area contributed by atoms with Gasteiger partial charge in [-0.25, -0.2) is 0 Å². The van der Waals surface area contributed by atoms with Crippen molar-refractivity contribution in [2.45, 2.75) is 32.2 Å². The fraction of sp³-hybridized carbons (Fsp3) is 0.667. The van der Waals surface area contributed by atoms with Gasteiger partial charge in [0.05, 0.1) is 6.61 Å². The van der Waals surface area contributed by atoms with Crippen molar-refractivity contribution in [3.8, 4) is 6.07 Å². The minimum Gasteiger partial charge on any atom is -0.395 e. The van der Waals surface area contributed by atoms with Crippen LogP contribution in [-0.4, -0.2) is 58.2 Å². The second-order valence-electron chi connectivity index (χ2n) is 7.31. The molecule has 6 nitrogen and oxygen atoms in total. The van der Waals surface area contributed by atoms with Crippen LogP contribution < -0.4 is 0 Å². The average Bonchev–Trinajstić information content (AvgIpc) is 2.91. The molecule has 0 saturated carbocycles. The van der Waals surface area contributed by atoms with Gasteiger partial charge in [0, 0.05) is 51.3 Å². The van der Waals surface area contributed by atoms with Gasteiger partial charge in [-0.3, -0.25) is 9.69 Å². The summed E-state index contributed by atoms with van der Waals surface area (Å²) in [5.41, 5.74) is 2.02. The minimum atomic E-state index is 0.0342. The van der Waals surface area contributed by atoms with E-state index in [0.717, 1.165) is 45.4 Å². The first-order chi connectivity index (χ1) is 11.5. The Morgan fingerprint density at radius 2 is 2.21 bits per heavy atom. The molecule has 2 aliphatic heterocycles. The first kappa shape index (κ1) is 17.0. The highest BCUT2D eigenvalue weighted by Crippen LogP contribution is 2.39. The lowest BCUT2D eigenvalue weighted by Gasteiger charge is -2.48. The standard InChI is InChI=1S/C18H26N4O2/c1-20-11-15(9-16(20)10-19)12-21-6-2-4-18(13-21)5-3-17(24)22(14-18)7-8-23/h9,11,23H,2-8,12-14H2,1H3. The van der Waals surface area contributed by atoms with Gasteiger partial charge in [0.25, 0.3) is 0 Å². The summed E-state index contributed by atoms with van der Waals surface area (Å²) in [4.78, 5) is 16.3. The smallest absolute Gasteiger partial charge is 0.222 e. The van der Waals surface area contributed by atoms with E-state index in [4.69, 9.17) is 5.26 Å². The topological polar surface area (TPSA) is 72.5 Å². The number of aliphatic hydroxyl groups is 1. The third-order valence-electron chi connectivity index (χ3n) is 5.44. The summed E-state index contributed by atoms with van der Waals surface area (Å²) in [6, 6.07) is 4.17. The summed E-state index contributed by atoms with van der Waals surface area (Å²) < 4.78 is 1.87. The Labute approximate surface area is 143 Å². The second-order valence-corrected chi connectivity index (χ2v) is 7.31. The van der Waals surface area contributed by atoms with Crippen LogP contribution in [0.25, 0.3) is 0 Å². The zero-order chi connectivity index (χ0) is 17.2. The normalized spacial score (nSPS) is 25.2. The fourth-order valence-corrected chi connectivity index (χ4v) is 4.29. The molecule has 1 aromatic heterocycles. The Hall–Kier alpha value is -1.84. The molecule has 0 radical (unpaired) electrons. The summed E-state index contributed by atoms with van der Waals surface area (Å²) in [7, 11) is 1.90. The monoisotopic (exact) mass is 330 g/mol. The molecule has 2 saturated heterocycles. The molecule has 24 heavy (non-hydrogen) atoms. The van der Waals surface area contributed by atoms with E-state index in [1.807, 2.05) is 28.8 Å². The zero-order valence-electron chi connectivity index (χ0n) is 14.4. The maximum absolute atomic E-state index is 12.0. The van der Waals surface area contributed by atoms with Crippen LogP contribution >= 0.6 is 0 Å². The second kappa shape index (κ2) is 6.96. The average molecular weight is 330 g/mol. The van der Waals surface area contributed by atoms with Crippen molar-refractivity contribution < 1.29 is 9.90 Å². The summed E-state index contributed by atoms with van der Waals surface area (Å²) in [6.07, 6.45) is 5.86. The Balaban J connectivity index is 1.67. The van der Waals surface area contributed by atoms with Crippen LogP contribution in [0, 0.1) is 16.7 Å². The number of β-amino-alcohol motifs (C(OH)–C–C–N with tert-alkyl or cyclic N) is 1. The van der Waals surface area contributed by atoms with Crippen molar-refractivity contribution in [2.75, 3.05) is 32.8 Å². The molecular formula is C18H26N4O2. The molecule has 1 spiro atoms. The molecular weight excluding hydrogens is 304 g/mol. The van der Waals surface area contributed by atoms with E-state index in [0.29, 0.717) is 18.7 Å². The highest BCUT2D eigenvalue weighted by Gasteiger charge is 2.41. The lowest BCUT2D eigenvalue weighted by Crippen LogP contribution is -2.54. The number of nitriles is 1. The molecule has 1 unspecified atom stereocenters. The van der Waals surface area contributed by atoms with E-state index in [9.17, 15) is 9.90 Å². The zero-order valence-corrected chi connectivity index (χ0v) is 14.4. The number of nitrogens with zero attached hydrogens (tertiary/aromatic N) is 4. The van der Waals surface area contributed by atoms with Crippen LogP contribution in [0.2, 0.25) is 0 Å². The quantitative estimate of drug-likeness (QED) is 0.897. The maximum Gasteiger partial charge on any atom is 0.222 e. The molecule has 1 aromatic rings. The molecule has 1 amide bonds. The van der Waals surface area contributed by atoms with Gasteiger partial charge in [0.15, 0.2) is 0 Å². The fourth-order valence-electron chi connectivity index (χ4n) is 4.29. The van der Waals surface area contributed by atoms with E-state index in [1.165, 1.54) is 5.56 Å². The number of rotatable bonds is 4. The van der Waals surface area contributed by atoms with Crippen molar-refractivity contribution >= 4 is 5.91 Å². The van der Waals surface area contributed by atoms with Crippen LogP contribution in [0.15, 0.2) is 12.3 Å². The first-order valence-electron chi connectivity index (χ1n) is 8.72. The summed E-state index contributed by atoms with van der Waals surface area (Å²) in [5.74, 6) is 0.175. The van der Waals surface area contributed by atoms with Gasteiger partial charge in [0.2, 0.25) is 5.91 Å². The Bertz CT molecular complexity index is 648. The number of likely N-dealkylation sites (tertiary alicyclic amines) is 2. The largest absolute Gasteiger partial charge is 0.395 e. The number of aliphatic hydroxyl groups excluding tert-OH is 1. The molecule has 0 aromatic carbocycles. The highest BCUT2D eigenvalue weighted by atomic mass is 16.3. The Kier molecular flexibility index (Phi) is 4.93. The van der Waals surface area contributed by atoms with E-state index < -0.39 is 0 Å². The van der Waals surface area contributed by atoms with E-state index in [-0.39, 0.29) is 17.9 Å². The molecule has 0 bridgehead atoms. The van der Waals surface area contributed by atoms with Gasteiger partial charge in [0.1, 0.15) is 11.8 Å². The van der Waals surface area contributed by atoms with Crippen LogP contribution in [0.4, 0.5) is 0 Å². The van der Waals surface area contributed by atoms with E-state index >= 15 is 0 Å². The molecule has 1 atom stereocenters. The van der Waals surface area contributed by atoms with Gasteiger partial charge in [-0.2, -0.15) is 5.26 Å². The molecule has 2 fully saturated rings. The van der Waals surface area contributed by atoms with Crippen LogP contribution in [0.1, 0.15) is 36.9 Å². The molecule has 3 heterocycles. The van der Waals surface area contributed by atoms with E-state index in [2.05, 4.69) is 11.0 Å². The molecule has 1 N–H and O–H groups in total. The van der Waals surface area contributed by atoms with Crippen LogP contribution in [0.3, 0.4) is 0 Å². The molecule has 6 heteroatoms. The van der Waals surface area contributed by atoms with Gasteiger partial charge in [-0.05, 0) is 37.4 Å². The van der Waals surface area contributed by atoms with Gasteiger partial charge in [-0.15, -0.1) is 0 Å². The number of aromatic nitrogens is 1. The minimum absolute atomic E-state index is 0.0342. The van der Waals surface area contributed by atoms with Crippen LogP contribution in [-0.2, 0) is 18.4 Å². The molecule has 0 aliphatic carbocycles. The summed E-state index contributed by atoms with van der Waals surface area (Å²) in [5, 5.41) is 18.3. The van der Waals surface area contributed by atoms with Crippen molar-refractivity contribution in [1.29, 1.82) is 5.26 Å². The Morgan fingerprint density at radius 3 is 2.92 bits per heavy atom. The van der Waals surface area contributed by atoms with E-state index in [1.54, 1.807) is 0 Å². The molecule has 2 aliphatic rings. The van der Waals surface area contributed by atoms with Gasteiger partial charge in [-0.1, -0.05) is 0 Å². The summed E-state index contributed by atoms with van der Waals surface area (Å²) in [6.45, 7) is 4.15. The predicted octanol–water partition coefficient (Wildman–Crippen LogP) is 1.09. The Morgan fingerprint density at radius 1 is 1.38 bits per heavy atom. The number of aryl methyl sites for hydroxylation is 1. The van der Waals surface area contributed by atoms with Crippen LogP contribution in [0.5, 0.6) is 0 Å². The first-order valence-corrected chi connectivity index (χ1v) is 8.72. The number of hydrogen-bond acceptors (Lipinski definition) is 4. The summed E-state index contributed by atoms with van der Waals surface area (Å²) >= 11 is 0.